The van der Waals surface area contributed by atoms with Crippen molar-refractivity contribution in [2.45, 2.75) is 13.3 Å². The minimum Gasteiger partial charge on any atom is -0.481 e. The highest BCUT2D eigenvalue weighted by Crippen LogP contribution is 2.22. The first kappa shape index (κ1) is 9.96. The minimum atomic E-state index is 0.0465. The summed E-state index contributed by atoms with van der Waals surface area (Å²) >= 11 is 0. The largest absolute Gasteiger partial charge is 0.481 e. The Morgan fingerprint density at radius 2 is 2.33 bits per heavy atom. The third-order valence-electron chi connectivity index (χ3n) is 2.65. The van der Waals surface area contributed by atoms with E-state index in [9.17, 15) is 4.79 Å². The van der Waals surface area contributed by atoms with Crippen molar-refractivity contribution in [3.05, 3.63) is 17.7 Å². The summed E-state index contributed by atoms with van der Waals surface area (Å²) in [6, 6.07) is 3.67. The number of ketones is 1. The first-order valence-electron chi connectivity index (χ1n) is 5.01. The van der Waals surface area contributed by atoms with Crippen molar-refractivity contribution in [3.8, 4) is 5.88 Å². The maximum atomic E-state index is 11.6. The highest BCUT2D eigenvalue weighted by molar-refractivity contribution is 5.85. The van der Waals surface area contributed by atoms with Gasteiger partial charge in [-0.15, -0.1) is 0 Å². The Hall–Kier alpha value is -1.58. The van der Waals surface area contributed by atoms with Crippen molar-refractivity contribution < 1.29 is 9.53 Å². The van der Waals surface area contributed by atoms with Gasteiger partial charge < -0.3 is 10.1 Å². The van der Waals surface area contributed by atoms with Crippen LogP contribution in [0.1, 0.15) is 12.5 Å². The summed E-state index contributed by atoms with van der Waals surface area (Å²) in [7, 11) is 1.58. The smallest absolute Gasteiger partial charge is 0.214 e. The lowest BCUT2D eigenvalue weighted by Gasteiger charge is -2.07. The van der Waals surface area contributed by atoms with E-state index in [2.05, 4.69) is 10.3 Å². The molecule has 1 unspecified atom stereocenters. The van der Waals surface area contributed by atoms with Gasteiger partial charge in [-0.2, -0.15) is 4.98 Å². The van der Waals surface area contributed by atoms with Crippen LogP contribution < -0.4 is 10.1 Å². The SMILES string of the molecule is COc1ccc2c(n1)NCC(C)C(=O)C2. The molecule has 0 bridgehead atoms. The third kappa shape index (κ3) is 1.93. The lowest BCUT2D eigenvalue weighted by atomic mass is 10.0. The number of aromatic nitrogens is 1. The highest BCUT2D eigenvalue weighted by atomic mass is 16.5. The minimum absolute atomic E-state index is 0.0465. The number of ether oxygens (including phenoxy) is 1. The van der Waals surface area contributed by atoms with Crippen LogP contribution in [0.2, 0.25) is 0 Å². The number of rotatable bonds is 1. The van der Waals surface area contributed by atoms with Crippen LogP contribution in [0.5, 0.6) is 5.88 Å². The molecule has 1 N–H and O–H groups in total. The summed E-state index contributed by atoms with van der Waals surface area (Å²) in [6.07, 6.45) is 0.459. The molecule has 0 spiro atoms. The molecule has 1 aromatic heterocycles. The lowest BCUT2D eigenvalue weighted by Crippen LogP contribution is -2.17. The quantitative estimate of drug-likeness (QED) is 0.751. The number of fused-ring (bicyclic) bond motifs is 1. The van der Waals surface area contributed by atoms with Crippen LogP contribution in [0.3, 0.4) is 0 Å². The van der Waals surface area contributed by atoms with E-state index in [1.54, 1.807) is 13.2 Å². The number of nitrogens with zero attached hydrogens (tertiary/aromatic N) is 1. The van der Waals surface area contributed by atoms with Crippen molar-refractivity contribution in [3.63, 3.8) is 0 Å². The molecule has 0 radical (unpaired) electrons. The van der Waals surface area contributed by atoms with Crippen molar-refractivity contribution in [1.29, 1.82) is 0 Å². The molecule has 1 atom stereocenters. The normalized spacial score (nSPS) is 20.1. The highest BCUT2D eigenvalue weighted by Gasteiger charge is 2.20. The summed E-state index contributed by atoms with van der Waals surface area (Å²) < 4.78 is 5.04. The molecule has 0 amide bonds. The predicted molar refractivity (Wildman–Crippen MR) is 57.2 cm³/mol. The van der Waals surface area contributed by atoms with E-state index >= 15 is 0 Å². The number of nitrogens with one attached hydrogen (secondary N) is 1. The summed E-state index contributed by atoms with van der Waals surface area (Å²) in [5.74, 6) is 1.65. The number of hydrogen-bond acceptors (Lipinski definition) is 4. The number of Topliss-reactive ketones (excluding diaryl/α,β-unsaturated/α-hetero) is 1. The van der Waals surface area contributed by atoms with Crippen LogP contribution in [0.25, 0.3) is 0 Å². The second-order valence-corrected chi connectivity index (χ2v) is 3.79. The van der Waals surface area contributed by atoms with Gasteiger partial charge in [-0.25, -0.2) is 0 Å². The molecule has 4 nitrogen and oxygen atoms in total. The van der Waals surface area contributed by atoms with Gasteiger partial charge in [-0.05, 0) is 6.07 Å². The zero-order valence-electron chi connectivity index (χ0n) is 8.91. The summed E-state index contributed by atoms with van der Waals surface area (Å²) in [5, 5.41) is 3.17. The second kappa shape index (κ2) is 3.88. The van der Waals surface area contributed by atoms with Crippen LogP contribution in [0, 0.1) is 5.92 Å². The Kier molecular flexibility index (Phi) is 2.58. The average Bonchev–Trinajstić information content (AvgIpc) is 2.39. The average molecular weight is 206 g/mol. The van der Waals surface area contributed by atoms with Gasteiger partial charge >= 0.3 is 0 Å². The van der Waals surface area contributed by atoms with E-state index < -0.39 is 0 Å². The molecule has 1 aromatic rings. The number of carbonyl (C=O) groups excluding carboxylic acids is 1. The molecule has 0 saturated heterocycles. The summed E-state index contributed by atoms with van der Waals surface area (Å²) in [6.45, 7) is 2.57. The van der Waals surface area contributed by atoms with Gasteiger partial charge in [0.15, 0.2) is 0 Å². The zero-order valence-corrected chi connectivity index (χ0v) is 8.91. The van der Waals surface area contributed by atoms with Crippen molar-refractivity contribution in [2.75, 3.05) is 19.0 Å². The number of hydrogen-bond donors (Lipinski definition) is 1. The van der Waals surface area contributed by atoms with E-state index in [1.165, 1.54) is 0 Å². The topological polar surface area (TPSA) is 51.2 Å². The molecule has 15 heavy (non-hydrogen) atoms. The number of methoxy groups -OCH3 is 1. The number of anilines is 1. The fourth-order valence-corrected chi connectivity index (χ4v) is 1.61. The molecular formula is C11H14N2O2. The molecule has 0 aliphatic carbocycles. The lowest BCUT2D eigenvalue weighted by molar-refractivity contribution is -0.121. The Labute approximate surface area is 88.7 Å². The molecular weight excluding hydrogens is 192 g/mol. The van der Waals surface area contributed by atoms with E-state index in [1.807, 2.05) is 13.0 Å². The maximum Gasteiger partial charge on any atom is 0.214 e. The third-order valence-corrected chi connectivity index (χ3v) is 2.65. The van der Waals surface area contributed by atoms with Gasteiger partial charge in [0.1, 0.15) is 11.6 Å². The van der Waals surface area contributed by atoms with Crippen LogP contribution in [-0.2, 0) is 11.2 Å². The predicted octanol–water partition coefficient (Wildman–Crippen LogP) is 1.26. The van der Waals surface area contributed by atoms with Crippen molar-refractivity contribution in [1.82, 2.24) is 4.98 Å². The fourth-order valence-electron chi connectivity index (χ4n) is 1.61. The molecule has 0 fully saturated rings. The molecule has 1 aliphatic rings. The summed E-state index contributed by atoms with van der Waals surface area (Å²) in [5.41, 5.74) is 0.949. The van der Waals surface area contributed by atoms with E-state index in [4.69, 9.17) is 4.74 Å². The molecule has 0 aromatic carbocycles. The van der Waals surface area contributed by atoms with Crippen LogP contribution >= 0.6 is 0 Å². The molecule has 0 saturated carbocycles. The van der Waals surface area contributed by atoms with Gasteiger partial charge in [-0.3, -0.25) is 4.79 Å². The maximum absolute atomic E-state index is 11.6. The van der Waals surface area contributed by atoms with Crippen LogP contribution in [0.15, 0.2) is 12.1 Å². The first-order chi connectivity index (χ1) is 7.20. The Balaban J connectivity index is 2.34. The zero-order chi connectivity index (χ0) is 10.8. The van der Waals surface area contributed by atoms with Gasteiger partial charge in [0.25, 0.3) is 0 Å². The number of carbonyl (C=O) groups is 1. The Morgan fingerprint density at radius 3 is 3.07 bits per heavy atom. The van der Waals surface area contributed by atoms with Gasteiger partial charge in [-0.1, -0.05) is 6.92 Å². The first-order valence-corrected chi connectivity index (χ1v) is 5.01. The molecule has 4 heteroatoms. The van der Waals surface area contributed by atoms with Crippen molar-refractivity contribution in [2.24, 2.45) is 5.92 Å². The van der Waals surface area contributed by atoms with Crippen molar-refractivity contribution >= 4 is 11.6 Å². The van der Waals surface area contributed by atoms with Crippen LogP contribution in [-0.4, -0.2) is 24.4 Å². The van der Waals surface area contributed by atoms with E-state index in [-0.39, 0.29) is 11.7 Å². The monoisotopic (exact) mass is 206 g/mol. The van der Waals surface area contributed by atoms with Gasteiger partial charge in [0.2, 0.25) is 5.88 Å². The van der Waals surface area contributed by atoms with Gasteiger partial charge in [0.05, 0.1) is 7.11 Å². The molecule has 80 valence electrons. The summed E-state index contributed by atoms with van der Waals surface area (Å²) in [4.78, 5) is 15.9. The van der Waals surface area contributed by atoms with E-state index in [0.29, 0.717) is 18.8 Å². The Bertz CT molecular complexity index is 390. The number of pyridine rings is 1. The fraction of sp³-hybridized carbons (Fsp3) is 0.455. The molecule has 2 rings (SSSR count). The van der Waals surface area contributed by atoms with Gasteiger partial charge in [0, 0.05) is 30.5 Å². The van der Waals surface area contributed by atoms with E-state index in [0.717, 1.165) is 11.4 Å². The molecule has 2 heterocycles. The van der Waals surface area contributed by atoms with Crippen LogP contribution in [0.4, 0.5) is 5.82 Å². The Morgan fingerprint density at radius 1 is 1.53 bits per heavy atom. The standard InChI is InChI=1S/C11H14N2O2/c1-7-6-12-11-8(5-9(7)14)3-4-10(13-11)15-2/h3-4,7H,5-6H2,1-2H3,(H,12,13). The molecule has 1 aliphatic heterocycles. The second-order valence-electron chi connectivity index (χ2n) is 3.79.